The highest BCUT2D eigenvalue weighted by Gasteiger charge is 2.32. The van der Waals surface area contributed by atoms with Crippen LogP contribution in [-0.4, -0.2) is 43.2 Å². The van der Waals surface area contributed by atoms with Crippen LogP contribution in [0.2, 0.25) is 0 Å². The van der Waals surface area contributed by atoms with Gasteiger partial charge in [0.05, 0.1) is 47.2 Å². The molecule has 12 heteroatoms. The topological polar surface area (TPSA) is 101 Å². The number of anilines is 2. The second-order valence-corrected chi connectivity index (χ2v) is 12.1. The number of hydrogen-bond acceptors (Lipinski definition) is 7. The molecule has 1 amide bonds. The Hall–Kier alpha value is -4.03. The number of halogens is 3. The summed E-state index contributed by atoms with van der Waals surface area (Å²) in [6.45, 7) is 0.859. The first-order valence-electron chi connectivity index (χ1n) is 13.0. The van der Waals surface area contributed by atoms with Crippen LogP contribution in [0.15, 0.2) is 65.7 Å². The minimum atomic E-state index is -4.44. The molecule has 0 unspecified atom stereocenters. The van der Waals surface area contributed by atoms with E-state index < -0.39 is 27.5 Å². The molecule has 1 N–H and O–H groups in total. The summed E-state index contributed by atoms with van der Waals surface area (Å²) in [6, 6.07) is 13.6. The Kier molecular flexibility index (Phi) is 6.90. The van der Waals surface area contributed by atoms with Gasteiger partial charge in [-0.2, -0.15) is 13.2 Å². The van der Waals surface area contributed by atoms with Gasteiger partial charge in [-0.3, -0.25) is 9.78 Å². The van der Waals surface area contributed by atoms with Crippen molar-refractivity contribution in [2.45, 2.75) is 37.1 Å². The number of nitrogens with zero attached hydrogens (tertiary/aromatic N) is 3. The van der Waals surface area contributed by atoms with Crippen LogP contribution < -0.4 is 10.2 Å². The number of pyridine rings is 2. The number of rotatable bonds is 4. The predicted octanol–water partition coefficient (Wildman–Crippen LogP) is 4.97. The maximum Gasteiger partial charge on any atom is 0.416 e. The summed E-state index contributed by atoms with van der Waals surface area (Å²) >= 11 is 0. The van der Waals surface area contributed by atoms with E-state index in [0.29, 0.717) is 41.2 Å². The molecule has 212 valence electrons. The van der Waals surface area contributed by atoms with Crippen molar-refractivity contribution in [3.63, 3.8) is 0 Å². The van der Waals surface area contributed by atoms with E-state index in [9.17, 15) is 26.4 Å². The third-order valence-electron chi connectivity index (χ3n) is 7.27. The van der Waals surface area contributed by atoms with E-state index in [0.717, 1.165) is 23.4 Å². The van der Waals surface area contributed by atoms with Gasteiger partial charge < -0.3 is 15.0 Å². The second kappa shape index (κ2) is 10.4. The van der Waals surface area contributed by atoms with Crippen molar-refractivity contribution in [1.82, 2.24) is 15.3 Å². The summed E-state index contributed by atoms with van der Waals surface area (Å²) < 4.78 is 70.7. The molecule has 4 heterocycles. The monoisotopic (exact) mass is 582 g/mol. The van der Waals surface area contributed by atoms with Gasteiger partial charge in [0, 0.05) is 29.4 Å². The Morgan fingerprint density at radius 2 is 1.88 bits per heavy atom. The van der Waals surface area contributed by atoms with Crippen LogP contribution in [0, 0.1) is 0 Å². The standard InChI is InChI=1S/C29H25F3N4O4S/c30-29(31,32)22-7-5-18-2-1-9-36(25(18)13-22)27-8-6-20-15-33-23(14-24(20)35-27)16-34-28(37)19-3-4-21-17-40-10-11-41(38,39)26(21)12-19/h3-8,12-15H,1-2,9-11,16-17H2,(H,34,37). The number of nitrogens with one attached hydrogen (secondary N) is 1. The van der Waals surface area contributed by atoms with Crippen molar-refractivity contribution in [1.29, 1.82) is 0 Å². The molecule has 2 aromatic heterocycles. The van der Waals surface area contributed by atoms with Crippen molar-refractivity contribution in [3.8, 4) is 0 Å². The molecule has 2 aliphatic heterocycles. The van der Waals surface area contributed by atoms with Gasteiger partial charge in [0.1, 0.15) is 5.82 Å². The number of aryl methyl sites for hydroxylation is 1. The second-order valence-electron chi connectivity index (χ2n) is 10.0. The highest BCUT2D eigenvalue weighted by molar-refractivity contribution is 7.91. The fourth-order valence-electron chi connectivity index (χ4n) is 5.12. The summed E-state index contributed by atoms with van der Waals surface area (Å²) in [6.07, 6.45) is -1.35. The number of aromatic nitrogens is 2. The molecule has 0 bridgehead atoms. The predicted molar refractivity (Wildman–Crippen MR) is 146 cm³/mol. The number of amides is 1. The molecule has 8 nitrogen and oxygen atoms in total. The van der Waals surface area contributed by atoms with Crippen LogP contribution >= 0.6 is 0 Å². The number of benzene rings is 2. The van der Waals surface area contributed by atoms with Gasteiger partial charge in [-0.15, -0.1) is 0 Å². The van der Waals surface area contributed by atoms with Gasteiger partial charge in [0.15, 0.2) is 9.84 Å². The molecule has 41 heavy (non-hydrogen) atoms. The normalized spacial score (nSPS) is 16.5. The zero-order valence-corrected chi connectivity index (χ0v) is 22.6. The molecular weight excluding hydrogens is 557 g/mol. The first-order chi connectivity index (χ1) is 19.6. The lowest BCUT2D eigenvalue weighted by Crippen LogP contribution is -2.26. The summed E-state index contributed by atoms with van der Waals surface area (Å²) in [7, 11) is -3.55. The number of ether oxygens (including phenoxy) is 1. The number of sulfone groups is 1. The number of hydrogen-bond donors (Lipinski definition) is 1. The van der Waals surface area contributed by atoms with Gasteiger partial charge in [0.25, 0.3) is 5.91 Å². The lowest BCUT2D eigenvalue weighted by molar-refractivity contribution is -0.137. The van der Waals surface area contributed by atoms with E-state index in [2.05, 4.69) is 10.3 Å². The highest BCUT2D eigenvalue weighted by Crippen LogP contribution is 2.38. The maximum atomic E-state index is 13.4. The first-order valence-corrected chi connectivity index (χ1v) is 14.7. The fourth-order valence-corrected chi connectivity index (χ4v) is 6.51. The highest BCUT2D eigenvalue weighted by atomic mass is 32.2. The van der Waals surface area contributed by atoms with Crippen molar-refractivity contribution in [3.05, 3.63) is 88.7 Å². The smallest absolute Gasteiger partial charge is 0.376 e. The zero-order valence-electron chi connectivity index (χ0n) is 21.7. The molecule has 0 radical (unpaired) electrons. The molecule has 2 aliphatic rings. The van der Waals surface area contributed by atoms with Gasteiger partial charge in [0.2, 0.25) is 0 Å². The van der Waals surface area contributed by atoms with Crippen molar-refractivity contribution in [2.24, 2.45) is 0 Å². The Balaban J connectivity index is 1.23. The number of carbonyl (C=O) groups is 1. The number of carbonyl (C=O) groups excluding carboxylic acids is 1. The summed E-state index contributed by atoms with van der Waals surface area (Å²) in [5, 5.41) is 3.51. The zero-order chi connectivity index (χ0) is 28.8. The van der Waals surface area contributed by atoms with E-state index in [1.807, 2.05) is 6.07 Å². The van der Waals surface area contributed by atoms with Crippen LogP contribution in [-0.2, 0) is 40.3 Å². The Morgan fingerprint density at radius 1 is 1.05 bits per heavy atom. The molecule has 0 saturated carbocycles. The minimum absolute atomic E-state index is 0.0646. The van der Waals surface area contributed by atoms with Gasteiger partial charge >= 0.3 is 6.18 Å². The molecule has 6 rings (SSSR count). The average molecular weight is 583 g/mol. The van der Waals surface area contributed by atoms with Crippen molar-refractivity contribution in [2.75, 3.05) is 23.8 Å². The molecule has 0 spiro atoms. The van der Waals surface area contributed by atoms with E-state index in [1.54, 1.807) is 35.4 Å². The van der Waals surface area contributed by atoms with Crippen molar-refractivity contribution < 1.29 is 31.1 Å². The quantitative estimate of drug-likeness (QED) is 0.363. The largest absolute Gasteiger partial charge is 0.416 e. The molecule has 4 aromatic rings. The third kappa shape index (κ3) is 5.49. The Bertz CT molecular complexity index is 1780. The maximum absolute atomic E-state index is 13.4. The fraction of sp³-hybridized carbons (Fsp3) is 0.276. The summed E-state index contributed by atoms with van der Waals surface area (Å²) in [5.41, 5.74) is 2.45. The average Bonchev–Trinajstić information content (AvgIpc) is 3.11. The van der Waals surface area contributed by atoms with E-state index in [1.165, 1.54) is 18.2 Å². The number of alkyl halides is 3. The van der Waals surface area contributed by atoms with Crippen LogP contribution in [0.5, 0.6) is 0 Å². The van der Waals surface area contributed by atoms with Gasteiger partial charge in [-0.25, -0.2) is 13.4 Å². The van der Waals surface area contributed by atoms with E-state index in [4.69, 9.17) is 9.72 Å². The van der Waals surface area contributed by atoms with Crippen LogP contribution in [0.3, 0.4) is 0 Å². The minimum Gasteiger partial charge on any atom is -0.376 e. The number of fused-ring (bicyclic) bond motifs is 3. The molecule has 0 aliphatic carbocycles. The Morgan fingerprint density at radius 3 is 2.71 bits per heavy atom. The van der Waals surface area contributed by atoms with Crippen LogP contribution in [0.25, 0.3) is 10.9 Å². The Labute approximate surface area is 234 Å². The molecule has 0 fully saturated rings. The SMILES string of the molecule is O=C(NCc1cc2nc(N3CCCc4ccc(C(F)(F)F)cc43)ccc2cn1)c1ccc2c(c1)S(=O)(=O)CCOC2. The third-order valence-corrected chi connectivity index (χ3v) is 9.03. The lowest BCUT2D eigenvalue weighted by atomic mass is 9.99. The van der Waals surface area contributed by atoms with Gasteiger partial charge in [-0.1, -0.05) is 12.1 Å². The summed E-state index contributed by atoms with van der Waals surface area (Å²) in [4.78, 5) is 23.9. The van der Waals surface area contributed by atoms with E-state index in [-0.39, 0.29) is 36.0 Å². The molecular formula is C29H25F3N4O4S. The van der Waals surface area contributed by atoms with Gasteiger partial charge in [-0.05, 0) is 66.4 Å². The van der Waals surface area contributed by atoms with Crippen LogP contribution in [0.1, 0.15) is 39.2 Å². The molecule has 0 saturated heterocycles. The lowest BCUT2D eigenvalue weighted by Gasteiger charge is -2.31. The van der Waals surface area contributed by atoms with Crippen LogP contribution in [0.4, 0.5) is 24.7 Å². The van der Waals surface area contributed by atoms with Crippen molar-refractivity contribution >= 4 is 38.2 Å². The first kappa shape index (κ1) is 27.2. The molecule has 2 aromatic carbocycles. The molecule has 0 atom stereocenters. The van der Waals surface area contributed by atoms with E-state index >= 15 is 0 Å². The summed E-state index contributed by atoms with van der Waals surface area (Å²) in [5.74, 6) is -0.0793.